The van der Waals surface area contributed by atoms with Gasteiger partial charge in [-0.3, -0.25) is 14.4 Å². The van der Waals surface area contributed by atoms with Crippen LogP contribution < -0.4 is 0 Å². The average molecular weight is 913 g/mol. The van der Waals surface area contributed by atoms with E-state index in [2.05, 4.69) is 63.1 Å². The van der Waals surface area contributed by atoms with Crippen LogP contribution in [0.3, 0.4) is 0 Å². The van der Waals surface area contributed by atoms with E-state index in [4.69, 9.17) is 14.2 Å². The molecule has 0 radical (unpaired) electrons. The van der Waals surface area contributed by atoms with E-state index in [-0.39, 0.29) is 37.2 Å². The van der Waals surface area contributed by atoms with Crippen molar-refractivity contribution in [2.45, 2.75) is 213 Å². The molecule has 0 heterocycles. The molecule has 0 aliphatic heterocycles. The molecule has 0 aromatic rings. The topological polar surface area (TPSA) is 82.1 Å². The van der Waals surface area contributed by atoms with Gasteiger partial charge in [0.1, 0.15) is 0 Å². The molecule has 0 aliphatic rings. The Morgan fingerprint density at radius 1 is 0.312 bits per heavy atom. The highest BCUT2D eigenvalue weighted by molar-refractivity contribution is 5.71. The van der Waals surface area contributed by atoms with Gasteiger partial charge in [0.15, 0.2) is 0 Å². The number of carbonyl (C=O) groups is 3. The number of rotatable bonds is 48. The standard InChI is InChI=1S/C54H111N4O6/c1-10-13-16-19-22-25-28-31-43-56(4,5)46-34-49-62-52(59)37-40-55(41-38-53(60)63-50-35-47-57(6,7)44-32-29-26-23-20-17-14-11-2)42-39-54(61)64-51-36-48-58(8,9)45-33-30-27-24-21-18-15-12-3/h10-51H2,1-9H3/q+3. The summed E-state index contributed by atoms with van der Waals surface area (Å²) in [7, 11) is 13.6. The molecule has 0 fully saturated rings. The van der Waals surface area contributed by atoms with E-state index in [1.54, 1.807) is 0 Å². The summed E-state index contributed by atoms with van der Waals surface area (Å²) in [5.74, 6) is -0.697. The van der Waals surface area contributed by atoms with Gasteiger partial charge in [0.25, 0.3) is 0 Å². The Kier molecular flexibility index (Phi) is 40.3. The van der Waals surface area contributed by atoms with E-state index in [0.717, 1.165) is 72.0 Å². The van der Waals surface area contributed by atoms with Crippen LogP contribution in [0.25, 0.3) is 0 Å². The normalized spacial score (nSPS) is 12.3. The maximum Gasteiger partial charge on any atom is 0.307 e. The third-order valence-corrected chi connectivity index (χ3v) is 13.3. The summed E-state index contributed by atoms with van der Waals surface area (Å²) in [6, 6.07) is 0. The molecule has 10 heteroatoms. The van der Waals surface area contributed by atoms with Gasteiger partial charge < -0.3 is 32.6 Å². The molecule has 380 valence electrons. The van der Waals surface area contributed by atoms with Crippen LogP contribution in [0.15, 0.2) is 0 Å². The predicted octanol–water partition coefficient (Wildman–Crippen LogP) is 11.9. The number of unbranched alkanes of at least 4 members (excludes halogenated alkanes) is 21. The van der Waals surface area contributed by atoms with Crippen LogP contribution in [-0.4, -0.2) is 157 Å². The molecule has 0 N–H and O–H groups in total. The van der Waals surface area contributed by atoms with E-state index in [0.29, 0.717) is 39.5 Å². The van der Waals surface area contributed by atoms with E-state index in [1.165, 1.54) is 154 Å². The predicted molar refractivity (Wildman–Crippen MR) is 270 cm³/mol. The lowest BCUT2D eigenvalue weighted by molar-refractivity contribution is -0.890. The minimum absolute atomic E-state index is 0.221. The molecule has 0 aliphatic carbocycles. The smallest absolute Gasteiger partial charge is 0.307 e. The minimum Gasteiger partial charge on any atom is -0.465 e. The number of esters is 3. The monoisotopic (exact) mass is 912 g/mol. The molecule has 0 bridgehead atoms. The maximum atomic E-state index is 12.9. The third-order valence-electron chi connectivity index (χ3n) is 13.3. The zero-order chi connectivity index (χ0) is 47.6. The van der Waals surface area contributed by atoms with Crippen molar-refractivity contribution in [3.05, 3.63) is 0 Å². The number of hydrogen-bond donors (Lipinski definition) is 0. The van der Waals surface area contributed by atoms with Crippen molar-refractivity contribution >= 4 is 17.9 Å². The Labute approximate surface area is 398 Å². The van der Waals surface area contributed by atoms with Crippen LogP contribution in [-0.2, 0) is 28.6 Å². The van der Waals surface area contributed by atoms with E-state index in [9.17, 15) is 14.4 Å². The lowest BCUT2D eigenvalue weighted by Gasteiger charge is -2.30. The third kappa shape index (κ3) is 42.9. The summed E-state index contributed by atoms with van der Waals surface area (Å²) in [4.78, 5) is 40.6. The van der Waals surface area contributed by atoms with Crippen molar-refractivity contribution in [1.29, 1.82) is 0 Å². The molecule has 0 amide bonds. The Hall–Kier alpha value is -1.75. The van der Waals surface area contributed by atoms with Crippen molar-refractivity contribution in [2.24, 2.45) is 0 Å². The summed E-state index contributed by atoms with van der Waals surface area (Å²) in [6.45, 7) is 15.7. The van der Waals surface area contributed by atoms with Crippen molar-refractivity contribution in [1.82, 2.24) is 4.90 Å². The molecule has 64 heavy (non-hydrogen) atoms. The fourth-order valence-electron chi connectivity index (χ4n) is 8.69. The molecule has 0 rings (SSSR count). The average Bonchev–Trinajstić information content (AvgIpc) is 3.25. The van der Waals surface area contributed by atoms with Gasteiger partial charge in [-0.25, -0.2) is 0 Å². The molecular formula is C54H111N4O6+3. The van der Waals surface area contributed by atoms with Crippen molar-refractivity contribution in [2.75, 3.05) is 121 Å². The van der Waals surface area contributed by atoms with Crippen LogP contribution in [0.1, 0.15) is 213 Å². The highest BCUT2D eigenvalue weighted by atomic mass is 16.5. The lowest BCUT2D eigenvalue weighted by atomic mass is 10.1. The Morgan fingerprint density at radius 3 is 0.750 bits per heavy atom. The van der Waals surface area contributed by atoms with E-state index in [1.807, 2.05) is 4.90 Å². The van der Waals surface area contributed by atoms with Crippen LogP contribution >= 0.6 is 0 Å². The van der Waals surface area contributed by atoms with Crippen LogP contribution in [0.5, 0.6) is 0 Å². The molecular weight excluding hydrogens is 801 g/mol. The molecule has 10 nitrogen and oxygen atoms in total. The van der Waals surface area contributed by atoms with Gasteiger partial charge in [0.05, 0.1) is 121 Å². The highest BCUT2D eigenvalue weighted by Gasteiger charge is 2.19. The van der Waals surface area contributed by atoms with E-state index >= 15 is 0 Å². The Balaban J connectivity index is 4.76. The molecule has 0 spiro atoms. The molecule has 0 saturated carbocycles. The Morgan fingerprint density at radius 2 is 0.516 bits per heavy atom. The van der Waals surface area contributed by atoms with Crippen molar-refractivity contribution < 1.29 is 42.0 Å². The lowest BCUT2D eigenvalue weighted by Crippen LogP contribution is -2.41. The van der Waals surface area contributed by atoms with Crippen LogP contribution in [0, 0.1) is 0 Å². The number of ether oxygens (including phenoxy) is 3. The minimum atomic E-state index is -0.232. The molecule has 0 saturated heterocycles. The van der Waals surface area contributed by atoms with Gasteiger partial charge >= 0.3 is 17.9 Å². The second-order valence-electron chi connectivity index (χ2n) is 21.4. The second-order valence-corrected chi connectivity index (χ2v) is 21.4. The maximum absolute atomic E-state index is 12.9. The number of hydrogen-bond acceptors (Lipinski definition) is 7. The zero-order valence-electron chi connectivity index (χ0n) is 44.4. The highest BCUT2D eigenvalue weighted by Crippen LogP contribution is 2.14. The molecule has 0 atom stereocenters. The first kappa shape index (κ1) is 62.2. The first-order valence-corrected chi connectivity index (χ1v) is 27.3. The number of quaternary nitrogens is 3. The zero-order valence-corrected chi connectivity index (χ0v) is 44.4. The molecule has 0 aromatic heterocycles. The van der Waals surface area contributed by atoms with Gasteiger partial charge in [0, 0.05) is 38.9 Å². The molecule has 0 aromatic carbocycles. The second kappa shape index (κ2) is 41.4. The van der Waals surface area contributed by atoms with E-state index < -0.39 is 0 Å². The van der Waals surface area contributed by atoms with Crippen LogP contribution in [0.4, 0.5) is 0 Å². The first-order valence-electron chi connectivity index (χ1n) is 27.3. The van der Waals surface area contributed by atoms with Crippen molar-refractivity contribution in [3.8, 4) is 0 Å². The Bertz CT molecular complexity index is 966. The summed E-state index contributed by atoms with van der Waals surface area (Å²) in [5, 5.41) is 0. The number of carbonyl (C=O) groups excluding carboxylic acids is 3. The van der Waals surface area contributed by atoms with Crippen molar-refractivity contribution in [3.63, 3.8) is 0 Å². The SMILES string of the molecule is CCCCCCCCCC[N+](C)(C)CCCOC(=O)CCN(CCC(=O)OCCC[N+](C)(C)CCCCCCCCCC)CCC(=O)OCCC[N+](C)(C)CCCCCCCCCC. The molecule has 0 unspecified atom stereocenters. The summed E-state index contributed by atoms with van der Waals surface area (Å²) in [6.07, 6.45) is 35.0. The fraction of sp³-hybridized carbons (Fsp3) is 0.944. The quantitative estimate of drug-likeness (QED) is 0.0260. The number of nitrogens with zero attached hydrogens (tertiary/aromatic N) is 4. The van der Waals surface area contributed by atoms with Gasteiger partial charge in [-0.2, -0.15) is 0 Å². The largest absolute Gasteiger partial charge is 0.465 e. The van der Waals surface area contributed by atoms with Gasteiger partial charge in [-0.05, 0) is 38.5 Å². The summed E-state index contributed by atoms with van der Waals surface area (Å²) in [5.41, 5.74) is 0. The van der Waals surface area contributed by atoms with Crippen LogP contribution in [0.2, 0.25) is 0 Å². The van der Waals surface area contributed by atoms with Gasteiger partial charge in [0.2, 0.25) is 0 Å². The summed E-state index contributed by atoms with van der Waals surface area (Å²) < 4.78 is 19.8. The fourth-order valence-corrected chi connectivity index (χ4v) is 8.69. The van der Waals surface area contributed by atoms with Gasteiger partial charge in [-0.15, -0.1) is 0 Å². The van der Waals surface area contributed by atoms with Gasteiger partial charge in [-0.1, -0.05) is 136 Å². The summed E-state index contributed by atoms with van der Waals surface area (Å²) >= 11 is 0. The first-order chi connectivity index (χ1) is 30.6.